The molecule has 6 nitrogen and oxygen atoms in total. The first-order valence-corrected chi connectivity index (χ1v) is 10.7. The van der Waals surface area contributed by atoms with E-state index in [0.29, 0.717) is 15.3 Å². The standard InChI is InChI=1S/C21H19F3N2O4S/c1-30-18-16(15-7-10-12(8-27)21(23,24)5-4-14(10)31-15)13(22)6-11-17(18)26(9-2-3-9)20(29)25-19(11)28/h6-7,9,12,27H,2-5,8H2,1H3,(H,25,28,29). The van der Waals surface area contributed by atoms with Gasteiger partial charge < -0.3 is 9.84 Å². The number of alkyl halides is 2. The average molecular weight is 452 g/mol. The monoisotopic (exact) mass is 452 g/mol. The number of aromatic nitrogens is 2. The number of aromatic amines is 1. The zero-order valence-corrected chi connectivity index (χ0v) is 17.3. The summed E-state index contributed by atoms with van der Waals surface area (Å²) in [4.78, 5) is 28.1. The lowest BCUT2D eigenvalue weighted by Gasteiger charge is -2.30. The van der Waals surface area contributed by atoms with Crippen LogP contribution in [0.4, 0.5) is 13.2 Å². The number of halogens is 3. The first kappa shape index (κ1) is 20.3. The molecule has 2 aliphatic carbocycles. The van der Waals surface area contributed by atoms with Crippen LogP contribution < -0.4 is 16.0 Å². The van der Waals surface area contributed by atoms with E-state index < -0.39 is 35.5 Å². The predicted molar refractivity (Wildman–Crippen MR) is 110 cm³/mol. The van der Waals surface area contributed by atoms with Gasteiger partial charge in [0.15, 0.2) is 5.75 Å². The van der Waals surface area contributed by atoms with Gasteiger partial charge in [-0.25, -0.2) is 18.0 Å². The molecule has 10 heteroatoms. The molecule has 0 saturated heterocycles. The number of hydrogen-bond acceptors (Lipinski definition) is 5. The Morgan fingerprint density at radius 2 is 2.06 bits per heavy atom. The third kappa shape index (κ3) is 3.03. The van der Waals surface area contributed by atoms with Crippen LogP contribution in [0, 0.1) is 5.82 Å². The molecule has 2 aliphatic rings. The van der Waals surface area contributed by atoms with E-state index >= 15 is 4.39 Å². The maximum absolute atomic E-state index is 15.3. The Labute approximate surface area is 177 Å². The molecule has 2 N–H and O–H groups in total. The molecule has 0 spiro atoms. The van der Waals surface area contributed by atoms with Crippen molar-refractivity contribution in [2.45, 2.75) is 43.6 Å². The van der Waals surface area contributed by atoms with E-state index in [-0.39, 0.29) is 41.1 Å². The lowest BCUT2D eigenvalue weighted by molar-refractivity contribution is -0.0554. The SMILES string of the molecule is COc1c(-c2cc3c(s2)CCC(F)(F)C3CO)c(F)cc2c(=O)[nH]c(=O)n(C3CC3)c12. The first-order valence-electron chi connectivity index (χ1n) is 9.93. The molecule has 1 unspecified atom stereocenters. The highest BCUT2D eigenvalue weighted by atomic mass is 32.1. The molecule has 0 bridgehead atoms. The summed E-state index contributed by atoms with van der Waals surface area (Å²) in [5.41, 5.74) is -0.794. The number of nitrogens with zero attached hydrogens (tertiary/aromatic N) is 1. The van der Waals surface area contributed by atoms with Crippen molar-refractivity contribution in [3.8, 4) is 16.2 Å². The highest BCUT2D eigenvalue weighted by Crippen LogP contribution is 2.50. The van der Waals surface area contributed by atoms with Gasteiger partial charge in [-0.05, 0) is 37.0 Å². The summed E-state index contributed by atoms with van der Waals surface area (Å²) in [6.07, 6.45) is 1.22. The molecule has 0 radical (unpaired) electrons. The number of benzene rings is 1. The number of thiophene rings is 1. The van der Waals surface area contributed by atoms with Crippen molar-refractivity contribution in [3.05, 3.63) is 49.2 Å². The second-order valence-electron chi connectivity index (χ2n) is 8.01. The maximum Gasteiger partial charge on any atom is 0.329 e. The van der Waals surface area contributed by atoms with Gasteiger partial charge in [0.1, 0.15) is 11.3 Å². The zero-order valence-electron chi connectivity index (χ0n) is 16.5. The molecular formula is C21H19F3N2O4S. The minimum atomic E-state index is -3.05. The Balaban J connectivity index is 1.80. The lowest BCUT2D eigenvalue weighted by atomic mass is 9.84. The fraction of sp³-hybridized carbons (Fsp3) is 0.429. The molecule has 3 aromatic rings. The quantitative estimate of drug-likeness (QED) is 0.634. The summed E-state index contributed by atoms with van der Waals surface area (Å²) >= 11 is 1.16. The number of methoxy groups -OCH3 is 1. The second kappa shape index (κ2) is 6.96. The van der Waals surface area contributed by atoms with Crippen LogP contribution in [-0.4, -0.2) is 34.3 Å². The van der Waals surface area contributed by atoms with Gasteiger partial charge in [-0.3, -0.25) is 14.3 Å². The Morgan fingerprint density at radius 3 is 2.71 bits per heavy atom. The smallest absolute Gasteiger partial charge is 0.329 e. The third-order valence-corrected chi connectivity index (χ3v) is 7.32. The number of aryl methyl sites for hydroxylation is 1. The van der Waals surface area contributed by atoms with E-state index in [1.807, 2.05) is 0 Å². The molecule has 31 heavy (non-hydrogen) atoms. The number of fused-ring (bicyclic) bond motifs is 2. The number of aliphatic hydroxyl groups is 1. The van der Waals surface area contributed by atoms with Crippen molar-refractivity contribution in [1.29, 1.82) is 0 Å². The van der Waals surface area contributed by atoms with Gasteiger partial charge >= 0.3 is 5.69 Å². The van der Waals surface area contributed by atoms with E-state index in [2.05, 4.69) is 4.98 Å². The van der Waals surface area contributed by atoms with Crippen LogP contribution in [0.5, 0.6) is 5.75 Å². The largest absolute Gasteiger partial charge is 0.494 e. The van der Waals surface area contributed by atoms with Crippen LogP contribution >= 0.6 is 11.3 Å². The molecular weight excluding hydrogens is 433 g/mol. The van der Waals surface area contributed by atoms with Crippen LogP contribution in [0.15, 0.2) is 21.7 Å². The number of rotatable bonds is 4. The summed E-state index contributed by atoms with van der Waals surface area (Å²) in [5.74, 6) is -5.13. The Morgan fingerprint density at radius 1 is 1.32 bits per heavy atom. The minimum Gasteiger partial charge on any atom is -0.494 e. The van der Waals surface area contributed by atoms with Crippen LogP contribution in [-0.2, 0) is 6.42 Å². The highest BCUT2D eigenvalue weighted by molar-refractivity contribution is 7.15. The van der Waals surface area contributed by atoms with Gasteiger partial charge in [0.05, 0.1) is 30.6 Å². The molecule has 0 aliphatic heterocycles. The first-order chi connectivity index (χ1) is 14.8. The van der Waals surface area contributed by atoms with Gasteiger partial charge in [0.2, 0.25) is 0 Å². The molecule has 1 atom stereocenters. The molecule has 164 valence electrons. The third-order valence-electron chi connectivity index (χ3n) is 6.09. The van der Waals surface area contributed by atoms with E-state index in [0.717, 1.165) is 30.2 Å². The van der Waals surface area contributed by atoms with Crippen LogP contribution in [0.25, 0.3) is 21.3 Å². The summed E-state index contributed by atoms with van der Waals surface area (Å²) < 4.78 is 50.8. The number of H-pyrrole nitrogens is 1. The topological polar surface area (TPSA) is 84.3 Å². The van der Waals surface area contributed by atoms with E-state index in [9.17, 15) is 23.5 Å². The van der Waals surface area contributed by atoms with Crippen molar-refractivity contribution < 1.29 is 23.0 Å². The van der Waals surface area contributed by atoms with Crippen molar-refractivity contribution in [2.24, 2.45) is 0 Å². The van der Waals surface area contributed by atoms with Crippen molar-refractivity contribution in [2.75, 3.05) is 13.7 Å². The van der Waals surface area contributed by atoms with Gasteiger partial charge in [-0.2, -0.15) is 0 Å². The van der Waals surface area contributed by atoms with Crippen molar-refractivity contribution in [3.63, 3.8) is 0 Å². The van der Waals surface area contributed by atoms with Crippen molar-refractivity contribution in [1.82, 2.24) is 9.55 Å². The number of ether oxygens (including phenoxy) is 1. The Hall–Kier alpha value is -2.59. The number of hydrogen-bond donors (Lipinski definition) is 2. The molecule has 1 aromatic carbocycles. The molecule has 2 aromatic heterocycles. The summed E-state index contributed by atoms with van der Waals surface area (Å²) in [6.45, 7) is -0.718. The second-order valence-corrected chi connectivity index (χ2v) is 9.15. The maximum atomic E-state index is 15.3. The molecule has 5 rings (SSSR count). The van der Waals surface area contributed by atoms with Crippen LogP contribution in [0.2, 0.25) is 0 Å². The van der Waals surface area contributed by atoms with Gasteiger partial charge in [-0.15, -0.1) is 11.3 Å². The van der Waals surface area contributed by atoms with Gasteiger partial charge in [-0.1, -0.05) is 0 Å². The molecule has 1 saturated carbocycles. The number of aliphatic hydroxyl groups excluding tert-OH is 1. The lowest BCUT2D eigenvalue weighted by Crippen LogP contribution is -2.33. The summed E-state index contributed by atoms with van der Waals surface area (Å²) in [6, 6.07) is 2.40. The fourth-order valence-electron chi connectivity index (χ4n) is 4.43. The predicted octanol–water partition coefficient (Wildman–Crippen LogP) is 3.56. The number of nitrogens with one attached hydrogen (secondary N) is 1. The molecule has 0 amide bonds. The minimum absolute atomic E-state index is 0.00862. The van der Waals surface area contributed by atoms with Crippen LogP contribution in [0.1, 0.15) is 41.7 Å². The van der Waals surface area contributed by atoms with E-state index in [1.54, 1.807) is 0 Å². The molecule has 1 fully saturated rings. The van der Waals surface area contributed by atoms with Gasteiger partial charge in [0, 0.05) is 22.2 Å². The van der Waals surface area contributed by atoms with E-state index in [4.69, 9.17) is 4.74 Å². The zero-order chi connectivity index (χ0) is 22.1. The van der Waals surface area contributed by atoms with Gasteiger partial charge in [0.25, 0.3) is 11.5 Å². The Bertz CT molecular complexity index is 1320. The summed E-state index contributed by atoms with van der Waals surface area (Å²) in [5, 5.41) is 9.56. The fourth-order valence-corrected chi connectivity index (χ4v) is 5.70. The van der Waals surface area contributed by atoms with Crippen molar-refractivity contribution >= 4 is 22.2 Å². The average Bonchev–Trinajstić information content (AvgIpc) is 3.45. The van der Waals surface area contributed by atoms with E-state index in [1.165, 1.54) is 17.7 Å². The summed E-state index contributed by atoms with van der Waals surface area (Å²) in [7, 11) is 1.32. The Kier molecular flexibility index (Phi) is 4.56. The molecule has 2 heterocycles. The highest BCUT2D eigenvalue weighted by Gasteiger charge is 2.45. The van der Waals surface area contributed by atoms with Crippen LogP contribution in [0.3, 0.4) is 0 Å². The normalized spacial score (nSPS) is 20.1.